The summed E-state index contributed by atoms with van der Waals surface area (Å²) in [6, 6.07) is 13.1. The molecular formula is C33H45N5O4S. The van der Waals surface area contributed by atoms with Crippen LogP contribution in [0.15, 0.2) is 36.4 Å². The Hall–Kier alpha value is -3.53. The van der Waals surface area contributed by atoms with Crippen LogP contribution in [0, 0.1) is 6.92 Å². The van der Waals surface area contributed by atoms with Crippen LogP contribution in [0.3, 0.4) is 0 Å². The molecule has 9 nitrogen and oxygen atoms in total. The number of fused-ring (bicyclic) bond motifs is 1. The lowest BCUT2D eigenvalue weighted by atomic mass is 10.1. The Morgan fingerprint density at radius 2 is 1.63 bits per heavy atom. The van der Waals surface area contributed by atoms with Crippen LogP contribution in [0.1, 0.15) is 59.3 Å². The summed E-state index contributed by atoms with van der Waals surface area (Å²) in [6.45, 7) is 17.7. The number of aromatic nitrogens is 1. The second-order valence-corrected chi connectivity index (χ2v) is 14.7. The molecule has 43 heavy (non-hydrogen) atoms. The molecule has 1 atom stereocenters. The van der Waals surface area contributed by atoms with Crippen molar-refractivity contribution in [1.82, 2.24) is 15.2 Å². The number of aryl methyl sites for hydroxylation is 1. The predicted octanol–water partition coefficient (Wildman–Crippen LogP) is 6.82. The Labute approximate surface area is 259 Å². The quantitative estimate of drug-likeness (QED) is 0.341. The summed E-state index contributed by atoms with van der Waals surface area (Å²) in [4.78, 5) is 37.6. The van der Waals surface area contributed by atoms with Crippen LogP contribution >= 0.6 is 11.3 Å². The maximum Gasteiger partial charge on any atom is 0.410 e. The van der Waals surface area contributed by atoms with Crippen molar-refractivity contribution in [3.63, 3.8) is 0 Å². The molecule has 2 amide bonds. The van der Waals surface area contributed by atoms with Gasteiger partial charge in [-0.25, -0.2) is 14.6 Å². The molecule has 0 spiro atoms. The van der Waals surface area contributed by atoms with E-state index in [-0.39, 0.29) is 18.2 Å². The molecule has 2 saturated heterocycles. The molecule has 2 aliphatic rings. The first-order valence-corrected chi connectivity index (χ1v) is 16.1. The fourth-order valence-corrected chi connectivity index (χ4v) is 6.67. The van der Waals surface area contributed by atoms with E-state index in [4.69, 9.17) is 14.5 Å². The van der Waals surface area contributed by atoms with E-state index in [1.165, 1.54) is 15.3 Å². The van der Waals surface area contributed by atoms with Crippen LogP contribution in [0.2, 0.25) is 0 Å². The Kier molecular flexibility index (Phi) is 8.79. The van der Waals surface area contributed by atoms with Crippen molar-refractivity contribution in [3.05, 3.63) is 41.3 Å². The highest BCUT2D eigenvalue weighted by molar-refractivity contribution is 7.19. The number of alkyl carbamates (subject to hydrolysis) is 1. The summed E-state index contributed by atoms with van der Waals surface area (Å²) >= 11 is 1.77. The number of carbonyl (C=O) groups excluding carboxylic acids is 2. The third-order valence-electron chi connectivity index (χ3n) is 7.61. The number of hydrogen-bond acceptors (Lipinski definition) is 8. The number of rotatable bonds is 5. The van der Waals surface area contributed by atoms with Gasteiger partial charge < -0.3 is 29.5 Å². The van der Waals surface area contributed by atoms with Gasteiger partial charge in [0.1, 0.15) is 11.2 Å². The first-order valence-electron chi connectivity index (χ1n) is 15.2. The average Bonchev–Trinajstić information content (AvgIpc) is 3.55. The zero-order valence-corrected chi connectivity index (χ0v) is 27.3. The number of piperazine rings is 1. The van der Waals surface area contributed by atoms with Gasteiger partial charge in [-0.15, -0.1) is 11.3 Å². The van der Waals surface area contributed by atoms with E-state index in [2.05, 4.69) is 58.4 Å². The first kappa shape index (κ1) is 30.9. The molecule has 4 heterocycles. The van der Waals surface area contributed by atoms with Gasteiger partial charge in [0.15, 0.2) is 0 Å². The summed E-state index contributed by atoms with van der Waals surface area (Å²) < 4.78 is 12.2. The number of thiophene rings is 1. The lowest BCUT2D eigenvalue weighted by Crippen LogP contribution is -2.50. The van der Waals surface area contributed by atoms with Gasteiger partial charge in [0.2, 0.25) is 0 Å². The van der Waals surface area contributed by atoms with Crippen molar-refractivity contribution >= 4 is 45.1 Å². The maximum absolute atomic E-state index is 12.5. The summed E-state index contributed by atoms with van der Waals surface area (Å²) in [7, 11) is 0. The monoisotopic (exact) mass is 607 g/mol. The molecule has 1 unspecified atom stereocenters. The van der Waals surface area contributed by atoms with Crippen LogP contribution < -0.4 is 15.1 Å². The third kappa shape index (κ3) is 7.71. The fourth-order valence-electron chi connectivity index (χ4n) is 5.68. The van der Waals surface area contributed by atoms with Gasteiger partial charge in [-0.3, -0.25) is 0 Å². The van der Waals surface area contributed by atoms with Crippen molar-refractivity contribution in [2.24, 2.45) is 0 Å². The third-order valence-corrected chi connectivity index (χ3v) is 8.67. The van der Waals surface area contributed by atoms with E-state index < -0.39 is 11.2 Å². The SMILES string of the molecule is Cc1cc2nc(-c3ccc(N4CCN(C(=O)OC(C)(C)C)CC4)cc3)cc(N3CCCC3CNC(=O)OC(C)(C)C)c2s1. The second kappa shape index (κ2) is 12.2. The zero-order valence-electron chi connectivity index (χ0n) is 26.5. The number of nitrogens with one attached hydrogen (secondary N) is 1. The molecule has 1 aromatic carbocycles. The maximum atomic E-state index is 12.5. The molecule has 2 aliphatic heterocycles. The smallest absolute Gasteiger partial charge is 0.410 e. The minimum absolute atomic E-state index is 0.190. The van der Waals surface area contributed by atoms with Gasteiger partial charge in [0.05, 0.1) is 21.6 Å². The van der Waals surface area contributed by atoms with Crippen molar-refractivity contribution in [2.75, 3.05) is 49.1 Å². The number of pyridine rings is 1. The molecule has 0 saturated carbocycles. The van der Waals surface area contributed by atoms with Crippen LogP contribution in [-0.2, 0) is 9.47 Å². The number of anilines is 2. The van der Waals surface area contributed by atoms with Gasteiger partial charge in [-0.2, -0.15) is 0 Å². The van der Waals surface area contributed by atoms with E-state index >= 15 is 0 Å². The number of hydrogen-bond donors (Lipinski definition) is 1. The van der Waals surface area contributed by atoms with Crippen molar-refractivity contribution < 1.29 is 19.1 Å². The van der Waals surface area contributed by atoms with Crippen molar-refractivity contribution in [1.29, 1.82) is 0 Å². The highest BCUT2D eigenvalue weighted by atomic mass is 32.1. The van der Waals surface area contributed by atoms with Gasteiger partial charge >= 0.3 is 12.2 Å². The molecule has 1 N–H and O–H groups in total. The van der Waals surface area contributed by atoms with E-state index in [0.29, 0.717) is 19.6 Å². The van der Waals surface area contributed by atoms with Gasteiger partial charge in [-0.05, 0) is 85.6 Å². The average molecular weight is 608 g/mol. The molecule has 5 rings (SSSR count). The topological polar surface area (TPSA) is 87.2 Å². The van der Waals surface area contributed by atoms with Gasteiger partial charge in [0.25, 0.3) is 0 Å². The molecule has 2 aromatic heterocycles. The van der Waals surface area contributed by atoms with Crippen LogP contribution in [-0.4, -0.2) is 78.6 Å². The number of benzene rings is 1. The van der Waals surface area contributed by atoms with E-state index in [1.807, 2.05) is 41.5 Å². The number of nitrogens with zero attached hydrogens (tertiary/aromatic N) is 4. The minimum atomic E-state index is -0.524. The Morgan fingerprint density at radius 1 is 0.953 bits per heavy atom. The lowest BCUT2D eigenvalue weighted by Gasteiger charge is -2.36. The largest absolute Gasteiger partial charge is 0.444 e. The zero-order chi connectivity index (χ0) is 30.9. The molecule has 0 radical (unpaired) electrons. The Balaban J connectivity index is 1.31. The number of carbonyl (C=O) groups is 2. The molecule has 0 aliphatic carbocycles. The molecule has 232 valence electrons. The van der Waals surface area contributed by atoms with E-state index in [0.717, 1.165) is 54.9 Å². The highest BCUT2D eigenvalue weighted by Gasteiger charge is 2.29. The molecule has 0 bridgehead atoms. The predicted molar refractivity (Wildman–Crippen MR) is 174 cm³/mol. The van der Waals surface area contributed by atoms with Crippen molar-refractivity contribution in [2.45, 2.75) is 78.6 Å². The van der Waals surface area contributed by atoms with E-state index in [1.54, 1.807) is 16.2 Å². The molecule has 2 fully saturated rings. The minimum Gasteiger partial charge on any atom is -0.444 e. The fraction of sp³-hybridized carbons (Fsp3) is 0.545. The summed E-state index contributed by atoms with van der Waals surface area (Å²) in [5.41, 5.74) is 4.29. The highest BCUT2D eigenvalue weighted by Crippen LogP contribution is 2.39. The summed E-state index contributed by atoms with van der Waals surface area (Å²) in [5.74, 6) is 0. The molecule has 10 heteroatoms. The molecule has 3 aromatic rings. The normalized spacial score (nSPS) is 17.8. The summed E-state index contributed by atoms with van der Waals surface area (Å²) in [5, 5.41) is 2.99. The van der Waals surface area contributed by atoms with Gasteiger partial charge in [0, 0.05) is 61.4 Å². The van der Waals surface area contributed by atoms with Crippen LogP contribution in [0.4, 0.5) is 21.0 Å². The second-order valence-electron chi connectivity index (χ2n) is 13.5. The van der Waals surface area contributed by atoms with Gasteiger partial charge in [-0.1, -0.05) is 12.1 Å². The first-order chi connectivity index (χ1) is 20.3. The van der Waals surface area contributed by atoms with Crippen molar-refractivity contribution in [3.8, 4) is 11.3 Å². The van der Waals surface area contributed by atoms with E-state index in [9.17, 15) is 9.59 Å². The van der Waals surface area contributed by atoms with Crippen LogP contribution in [0.5, 0.6) is 0 Å². The summed E-state index contributed by atoms with van der Waals surface area (Å²) in [6.07, 6.45) is 1.46. The number of amides is 2. The molecular weight excluding hydrogens is 562 g/mol. The van der Waals surface area contributed by atoms with Crippen LogP contribution in [0.25, 0.3) is 21.5 Å². The Morgan fingerprint density at radius 3 is 2.28 bits per heavy atom. The Bertz CT molecular complexity index is 1450. The lowest BCUT2D eigenvalue weighted by molar-refractivity contribution is 0.0240. The number of ether oxygens (including phenoxy) is 2. The standard InChI is InChI=1S/C33H45N5O4S/c1-22-19-27-29(43-22)28(38-14-8-9-25(38)21-34-30(39)41-32(2,3)4)20-26(35-27)23-10-12-24(13-11-23)36-15-17-37(18-16-36)31(40)42-33(5,6)7/h10-13,19-20,25H,8-9,14-18,21H2,1-7H3,(H,34,39).